The third-order valence-electron chi connectivity index (χ3n) is 9.69. The Morgan fingerprint density at radius 1 is 1.03 bits per heavy atom. The molecule has 3 fully saturated rings. The van der Waals surface area contributed by atoms with Crippen LogP contribution in [0.15, 0.2) is 11.6 Å². The molecule has 3 saturated carbocycles. The fourth-order valence-corrected chi connectivity index (χ4v) is 7.83. The summed E-state index contributed by atoms with van der Waals surface area (Å²) in [5.74, 6) is -0.735. The number of hydrogen-bond donors (Lipinski definition) is 0. The standard InChI is InChI=1S/C28H38O9/c1-5-6-13-35-25(33)37-28(22(31)16-36-24(32)34-4)12-10-20-19-8-7-17-14-18(29)9-11-26(17,2)23(19)21(30)15-27(20,28)3/h14,19-20,23H,5-13,15-16H2,1-4H3/t19-,20-,23+,26-,27-,28-/m0/s1. The summed E-state index contributed by atoms with van der Waals surface area (Å²) in [4.78, 5) is 64.1. The van der Waals surface area contributed by atoms with Gasteiger partial charge in [-0.2, -0.15) is 0 Å². The number of allylic oxidation sites excluding steroid dienone is 1. The first-order valence-electron chi connectivity index (χ1n) is 13.4. The predicted octanol–water partition coefficient (Wildman–Crippen LogP) is 4.74. The number of ether oxygens (including phenoxy) is 4. The van der Waals surface area contributed by atoms with Gasteiger partial charge in [0.05, 0.1) is 13.7 Å². The van der Waals surface area contributed by atoms with Crippen molar-refractivity contribution >= 4 is 29.7 Å². The maximum atomic E-state index is 13.9. The molecule has 204 valence electrons. The van der Waals surface area contributed by atoms with Crippen molar-refractivity contribution in [3.05, 3.63) is 11.6 Å². The number of ketones is 3. The maximum absolute atomic E-state index is 13.9. The molecule has 0 radical (unpaired) electrons. The van der Waals surface area contributed by atoms with Crippen molar-refractivity contribution in [2.45, 2.75) is 84.2 Å². The normalized spacial score (nSPS) is 36.4. The molecule has 37 heavy (non-hydrogen) atoms. The quantitative estimate of drug-likeness (QED) is 0.347. The number of rotatable bonds is 7. The van der Waals surface area contributed by atoms with Crippen LogP contribution in [-0.2, 0) is 33.3 Å². The summed E-state index contributed by atoms with van der Waals surface area (Å²) in [6.45, 7) is 5.44. The van der Waals surface area contributed by atoms with Crippen LogP contribution in [0.3, 0.4) is 0 Å². The fraction of sp³-hybridized carbons (Fsp3) is 0.750. The van der Waals surface area contributed by atoms with Crippen LogP contribution in [0.5, 0.6) is 0 Å². The molecule has 4 aliphatic rings. The molecule has 0 aromatic heterocycles. The second-order valence-corrected chi connectivity index (χ2v) is 11.5. The minimum absolute atomic E-state index is 0.00230. The van der Waals surface area contributed by atoms with Gasteiger partial charge in [0.25, 0.3) is 0 Å². The molecule has 0 heterocycles. The molecule has 0 N–H and O–H groups in total. The minimum atomic E-state index is -1.66. The van der Waals surface area contributed by atoms with E-state index in [9.17, 15) is 24.0 Å². The molecule has 4 aliphatic carbocycles. The SMILES string of the molecule is CCCCOC(=O)O[C@]1(C(=O)COC(=O)OC)CC[C@H]2[C@@H]3CCC4=CC(=O)CC[C@]4(C)[C@H]3C(=O)C[C@@]21C. The van der Waals surface area contributed by atoms with E-state index in [2.05, 4.69) is 11.7 Å². The molecular formula is C28H38O9. The Labute approximate surface area is 217 Å². The van der Waals surface area contributed by atoms with Crippen LogP contribution in [0, 0.1) is 28.6 Å². The average molecular weight is 519 g/mol. The van der Waals surface area contributed by atoms with Gasteiger partial charge in [-0.3, -0.25) is 14.4 Å². The summed E-state index contributed by atoms with van der Waals surface area (Å²) in [5.41, 5.74) is -1.95. The molecule has 0 saturated heterocycles. The Morgan fingerprint density at radius 2 is 1.78 bits per heavy atom. The van der Waals surface area contributed by atoms with E-state index in [-0.39, 0.29) is 54.2 Å². The van der Waals surface area contributed by atoms with Crippen molar-refractivity contribution in [1.82, 2.24) is 0 Å². The third-order valence-corrected chi connectivity index (χ3v) is 9.69. The average Bonchev–Trinajstić information content (AvgIpc) is 3.14. The number of fused-ring (bicyclic) bond motifs is 5. The van der Waals surface area contributed by atoms with E-state index in [1.54, 1.807) is 6.08 Å². The van der Waals surface area contributed by atoms with E-state index < -0.39 is 35.7 Å². The lowest BCUT2D eigenvalue weighted by Crippen LogP contribution is -2.62. The molecule has 0 bridgehead atoms. The molecule has 4 rings (SSSR count). The second-order valence-electron chi connectivity index (χ2n) is 11.5. The van der Waals surface area contributed by atoms with Crippen molar-refractivity contribution in [3.63, 3.8) is 0 Å². The van der Waals surface area contributed by atoms with E-state index in [1.165, 1.54) is 0 Å². The minimum Gasteiger partial charge on any atom is -0.438 e. The molecular weight excluding hydrogens is 480 g/mol. The smallest absolute Gasteiger partial charge is 0.438 e. The highest BCUT2D eigenvalue weighted by Gasteiger charge is 2.71. The summed E-state index contributed by atoms with van der Waals surface area (Å²) < 4.78 is 20.6. The number of carbonyl (C=O) groups excluding carboxylic acids is 5. The van der Waals surface area contributed by atoms with Gasteiger partial charge in [-0.1, -0.05) is 32.8 Å². The van der Waals surface area contributed by atoms with Gasteiger partial charge >= 0.3 is 12.3 Å². The van der Waals surface area contributed by atoms with Crippen LogP contribution in [-0.4, -0.2) is 55.6 Å². The van der Waals surface area contributed by atoms with E-state index >= 15 is 0 Å². The zero-order valence-corrected chi connectivity index (χ0v) is 22.3. The third kappa shape index (κ3) is 4.48. The summed E-state index contributed by atoms with van der Waals surface area (Å²) in [7, 11) is 1.14. The Morgan fingerprint density at radius 3 is 2.49 bits per heavy atom. The lowest BCUT2D eigenvalue weighted by molar-refractivity contribution is -0.175. The van der Waals surface area contributed by atoms with Crippen molar-refractivity contribution in [1.29, 1.82) is 0 Å². The van der Waals surface area contributed by atoms with Crippen LogP contribution in [0.2, 0.25) is 0 Å². The first kappa shape index (κ1) is 27.3. The Bertz CT molecular complexity index is 1020. The monoisotopic (exact) mass is 518 g/mol. The zero-order chi connectivity index (χ0) is 27.0. The van der Waals surface area contributed by atoms with Crippen LogP contribution in [0.25, 0.3) is 0 Å². The van der Waals surface area contributed by atoms with Crippen LogP contribution < -0.4 is 0 Å². The summed E-state index contributed by atoms with van der Waals surface area (Å²) in [6, 6.07) is 0. The van der Waals surface area contributed by atoms with Crippen molar-refractivity contribution < 1.29 is 42.9 Å². The zero-order valence-electron chi connectivity index (χ0n) is 22.3. The largest absolute Gasteiger partial charge is 0.509 e. The van der Waals surface area contributed by atoms with Gasteiger partial charge in [0.2, 0.25) is 5.78 Å². The lowest BCUT2D eigenvalue weighted by atomic mass is 9.46. The van der Waals surface area contributed by atoms with Gasteiger partial charge in [-0.15, -0.1) is 0 Å². The van der Waals surface area contributed by atoms with Gasteiger partial charge < -0.3 is 18.9 Å². The number of unbranched alkanes of at least 4 members (excludes halogenated alkanes) is 1. The highest BCUT2D eigenvalue weighted by Crippen LogP contribution is 2.67. The summed E-state index contributed by atoms with van der Waals surface area (Å²) in [6.07, 6.45) is 4.64. The van der Waals surface area contributed by atoms with Crippen molar-refractivity contribution in [2.75, 3.05) is 20.3 Å². The molecule has 0 aromatic carbocycles. The highest BCUT2D eigenvalue weighted by molar-refractivity contribution is 5.95. The molecule has 6 atom stereocenters. The van der Waals surface area contributed by atoms with Gasteiger partial charge in [-0.25, -0.2) is 9.59 Å². The van der Waals surface area contributed by atoms with E-state index in [0.717, 1.165) is 31.9 Å². The van der Waals surface area contributed by atoms with E-state index in [1.807, 2.05) is 13.8 Å². The molecule has 0 unspecified atom stereocenters. The molecule has 0 aliphatic heterocycles. The Balaban J connectivity index is 1.67. The number of methoxy groups -OCH3 is 1. The Kier molecular flexibility index (Phi) is 7.55. The number of hydrogen-bond acceptors (Lipinski definition) is 9. The van der Waals surface area contributed by atoms with Gasteiger partial charge in [0.1, 0.15) is 5.78 Å². The van der Waals surface area contributed by atoms with Crippen LogP contribution in [0.4, 0.5) is 9.59 Å². The molecule has 0 spiro atoms. The van der Waals surface area contributed by atoms with Crippen LogP contribution in [0.1, 0.15) is 78.6 Å². The summed E-state index contributed by atoms with van der Waals surface area (Å²) in [5, 5.41) is 0. The fourth-order valence-electron chi connectivity index (χ4n) is 7.83. The lowest BCUT2D eigenvalue weighted by Gasteiger charge is -2.57. The molecule has 0 aromatic rings. The van der Waals surface area contributed by atoms with E-state index in [4.69, 9.17) is 14.2 Å². The van der Waals surface area contributed by atoms with Gasteiger partial charge in [0, 0.05) is 24.2 Å². The molecule has 9 heteroatoms. The molecule has 0 amide bonds. The second kappa shape index (κ2) is 10.2. The number of carbonyl (C=O) groups is 5. The summed E-state index contributed by atoms with van der Waals surface area (Å²) >= 11 is 0. The first-order chi connectivity index (χ1) is 17.5. The van der Waals surface area contributed by atoms with E-state index in [0.29, 0.717) is 25.7 Å². The first-order valence-corrected chi connectivity index (χ1v) is 13.4. The topological polar surface area (TPSA) is 122 Å². The van der Waals surface area contributed by atoms with Crippen molar-refractivity contribution in [3.8, 4) is 0 Å². The highest BCUT2D eigenvalue weighted by atomic mass is 16.7. The van der Waals surface area contributed by atoms with Crippen LogP contribution >= 0.6 is 0 Å². The predicted molar refractivity (Wildman–Crippen MR) is 131 cm³/mol. The number of Topliss-reactive ketones (excluding diaryl/α,β-unsaturated/α-hetero) is 2. The van der Waals surface area contributed by atoms with Gasteiger partial charge in [-0.05, 0) is 61.9 Å². The Hall–Kier alpha value is -2.71. The molecule has 9 nitrogen and oxygen atoms in total. The van der Waals surface area contributed by atoms with Gasteiger partial charge in [0.15, 0.2) is 18.0 Å². The maximum Gasteiger partial charge on any atom is 0.509 e. The van der Waals surface area contributed by atoms with Crippen molar-refractivity contribution in [2.24, 2.45) is 28.6 Å².